The molecule has 3 heterocycles. The number of hydrogen-bond acceptors (Lipinski definition) is 3. The molecule has 3 amide bonds. The number of urea groups is 1. The molecule has 0 unspecified atom stereocenters. The molecule has 0 spiro atoms. The van der Waals surface area contributed by atoms with E-state index in [1.165, 1.54) is 0 Å². The Morgan fingerprint density at radius 3 is 2.68 bits per heavy atom. The number of piperidine rings is 1. The summed E-state index contributed by atoms with van der Waals surface area (Å²) in [5.74, 6) is 0.158. The third-order valence-electron chi connectivity index (χ3n) is 4.46. The van der Waals surface area contributed by atoms with E-state index in [1.807, 2.05) is 16.7 Å². The number of aromatic nitrogens is 2. The van der Waals surface area contributed by atoms with Gasteiger partial charge in [-0.15, -0.1) is 0 Å². The standard InChI is InChI=1S/C17H22ClN5O2/c1-21(2)16(24)12-5-7-22(8-6-12)17(25)19-9-14-11-23-10-13(18)3-4-15(23)20-14/h3-4,10-12H,5-9H2,1-2H3,(H,19,25). The summed E-state index contributed by atoms with van der Waals surface area (Å²) >= 11 is 5.96. The molecule has 1 saturated heterocycles. The van der Waals surface area contributed by atoms with Gasteiger partial charge >= 0.3 is 6.03 Å². The third-order valence-corrected chi connectivity index (χ3v) is 4.68. The largest absolute Gasteiger partial charge is 0.349 e. The monoisotopic (exact) mass is 363 g/mol. The van der Waals surface area contributed by atoms with E-state index in [9.17, 15) is 9.59 Å². The van der Waals surface area contributed by atoms with Gasteiger partial charge < -0.3 is 19.5 Å². The maximum atomic E-state index is 12.3. The number of amides is 3. The van der Waals surface area contributed by atoms with Crippen LogP contribution in [0.5, 0.6) is 0 Å². The van der Waals surface area contributed by atoms with Crippen LogP contribution in [-0.4, -0.2) is 58.3 Å². The predicted molar refractivity (Wildman–Crippen MR) is 95.4 cm³/mol. The predicted octanol–water partition coefficient (Wildman–Crippen LogP) is 2.00. The van der Waals surface area contributed by atoms with E-state index >= 15 is 0 Å². The first-order chi connectivity index (χ1) is 11.9. The number of pyridine rings is 1. The minimum absolute atomic E-state index is 0.0160. The molecule has 1 aliphatic heterocycles. The molecule has 0 aliphatic carbocycles. The first-order valence-electron chi connectivity index (χ1n) is 8.31. The van der Waals surface area contributed by atoms with Crippen LogP contribution in [0.3, 0.4) is 0 Å². The van der Waals surface area contributed by atoms with Crippen LogP contribution in [0.1, 0.15) is 18.5 Å². The minimum Gasteiger partial charge on any atom is -0.349 e. The van der Waals surface area contributed by atoms with Crippen LogP contribution in [0.2, 0.25) is 5.02 Å². The van der Waals surface area contributed by atoms with Crippen molar-refractivity contribution in [2.75, 3.05) is 27.2 Å². The van der Waals surface area contributed by atoms with E-state index in [-0.39, 0.29) is 17.9 Å². The van der Waals surface area contributed by atoms with Gasteiger partial charge in [0.15, 0.2) is 0 Å². The first kappa shape index (κ1) is 17.5. The number of rotatable bonds is 3. The highest BCUT2D eigenvalue weighted by Crippen LogP contribution is 2.19. The quantitative estimate of drug-likeness (QED) is 0.906. The van der Waals surface area contributed by atoms with Crippen LogP contribution in [0, 0.1) is 5.92 Å². The van der Waals surface area contributed by atoms with Crippen LogP contribution < -0.4 is 5.32 Å². The summed E-state index contributed by atoms with van der Waals surface area (Å²) in [6.07, 6.45) is 5.04. The summed E-state index contributed by atoms with van der Waals surface area (Å²) in [4.78, 5) is 32.1. The Hall–Kier alpha value is -2.28. The van der Waals surface area contributed by atoms with Gasteiger partial charge in [0.05, 0.1) is 17.3 Å². The lowest BCUT2D eigenvalue weighted by Crippen LogP contribution is -2.46. The fraction of sp³-hybridized carbons (Fsp3) is 0.471. The molecule has 3 rings (SSSR count). The van der Waals surface area contributed by atoms with E-state index in [1.54, 1.807) is 36.2 Å². The van der Waals surface area contributed by atoms with Gasteiger partial charge in [0.1, 0.15) is 5.65 Å². The highest BCUT2D eigenvalue weighted by atomic mass is 35.5. The molecular weight excluding hydrogens is 342 g/mol. The summed E-state index contributed by atoms with van der Waals surface area (Å²) in [5, 5.41) is 3.53. The molecule has 7 nitrogen and oxygen atoms in total. The van der Waals surface area contributed by atoms with Crippen molar-refractivity contribution < 1.29 is 9.59 Å². The van der Waals surface area contributed by atoms with Gasteiger partial charge in [-0.05, 0) is 25.0 Å². The van der Waals surface area contributed by atoms with Crippen molar-refractivity contribution in [1.82, 2.24) is 24.5 Å². The van der Waals surface area contributed by atoms with Crippen LogP contribution in [-0.2, 0) is 11.3 Å². The highest BCUT2D eigenvalue weighted by molar-refractivity contribution is 6.30. The molecule has 0 saturated carbocycles. The van der Waals surface area contributed by atoms with Gasteiger partial charge in [-0.3, -0.25) is 4.79 Å². The van der Waals surface area contributed by atoms with Gasteiger partial charge in [-0.2, -0.15) is 0 Å². The van der Waals surface area contributed by atoms with Crippen LogP contribution >= 0.6 is 11.6 Å². The summed E-state index contributed by atoms with van der Waals surface area (Å²) in [6.45, 7) is 1.54. The molecular formula is C17H22ClN5O2. The molecule has 0 bridgehead atoms. The maximum absolute atomic E-state index is 12.3. The number of halogens is 1. The zero-order valence-electron chi connectivity index (χ0n) is 14.4. The summed E-state index contributed by atoms with van der Waals surface area (Å²) in [5.41, 5.74) is 1.56. The van der Waals surface area contributed by atoms with Gasteiger partial charge in [-0.25, -0.2) is 9.78 Å². The Morgan fingerprint density at radius 1 is 1.28 bits per heavy atom. The number of imidazole rings is 1. The molecule has 0 atom stereocenters. The second-order valence-corrected chi connectivity index (χ2v) is 6.93. The van der Waals surface area contributed by atoms with Crippen molar-refractivity contribution in [2.24, 2.45) is 5.92 Å². The zero-order chi connectivity index (χ0) is 18.0. The van der Waals surface area contributed by atoms with Crippen LogP contribution in [0.15, 0.2) is 24.5 Å². The number of likely N-dealkylation sites (tertiary alicyclic amines) is 1. The van der Waals surface area contributed by atoms with Crippen molar-refractivity contribution in [2.45, 2.75) is 19.4 Å². The first-order valence-corrected chi connectivity index (χ1v) is 8.69. The van der Waals surface area contributed by atoms with Crippen molar-refractivity contribution >= 4 is 29.2 Å². The number of fused-ring (bicyclic) bond motifs is 1. The van der Waals surface area contributed by atoms with E-state index in [2.05, 4.69) is 10.3 Å². The maximum Gasteiger partial charge on any atom is 0.317 e. The molecule has 0 radical (unpaired) electrons. The fourth-order valence-electron chi connectivity index (χ4n) is 3.08. The van der Waals surface area contributed by atoms with Crippen LogP contribution in [0.25, 0.3) is 5.65 Å². The summed E-state index contributed by atoms with van der Waals surface area (Å²) in [6, 6.07) is 3.50. The Balaban J connectivity index is 1.52. The number of nitrogens with one attached hydrogen (secondary N) is 1. The average molecular weight is 364 g/mol. The van der Waals surface area contributed by atoms with Crippen molar-refractivity contribution in [3.05, 3.63) is 35.2 Å². The van der Waals surface area contributed by atoms with E-state index < -0.39 is 0 Å². The minimum atomic E-state index is -0.120. The summed E-state index contributed by atoms with van der Waals surface area (Å²) < 4.78 is 1.84. The number of carbonyl (C=O) groups is 2. The molecule has 8 heteroatoms. The van der Waals surface area contributed by atoms with E-state index in [4.69, 9.17) is 11.6 Å². The molecule has 134 valence electrons. The second-order valence-electron chi connectivity index (χ2n) is 6.50. The Labute approximate surface area is 151 Å². The number of nitrogens with zero attached hydrogens (tertiary/aromatic N) is 4. The Kier molecular flexibility index (Phi) is 5.13. The highest BCUT2D eigenvalue weighted by Gasteiger charge is 2.28. The third kappa shape index (κ3) is 4.04. The Bertz CT molecular complexity index is 780. The van der Waals surface area contributed by atoms with E-state index in [0.717, 1.165) is 11.3 Å². The van der Waals surface area contributed by atoms with E-state index in [0.29, 0.717) is 37.5 Å². The smallest absolute Gasteiger partial charge is 0.317 e. The molecule has 1 aliphatic rings. The van der Waals surface area contributed by atoms with Crippen LogP contribution in [0.4, 0.5) is 4.79 Å². The normalized spacial score (nSPS) is 15.4. The average Bonchev–Trinajstić information content (AvgIpc) is 3.01. The zero-order valence-corrected chi connectivity index (χ0v) is 15.2. The SMILES string of the molecule is CN(C)C(=O)C1CCN(C(=O)NCc2cn3cc(Cl)ccc3n2)CC1. The van der Waals surface area contributed by atoms with Gasteiger partial charge in [0.25, 0.3) is 0 Å². The molecule has 25 heavy (non-hydrogen) atoms. The van der Waals surface area contributed by atoms with Crippen molar-refractivity contribution in [3.63, 3.8) is 0 Å². The fourth-order valence-corrected chi connectivity index (χ4v) is 3.24. The topological polar surface area (TPSA) is 70.0 Å². The second kappa shape index (κ2) is 7.31. The number of hydrogen-bond donors (Lipinski definition) is 1. The van der Waals surface area contributed by atoms with Crippen molar-refractivity contribution in [1.29, 1.82) is 0 Å². The lowest BCUT2D eigenvalue weighted by atomic mass is 9.96. The van der Waals surface area contributed by atoms with Gasteiger partial charge in [-0.1, -0.05) is 11.6 Å². The molecule has 1 N–H and O–H groups in total. The summed E-state index contributed by atoms with van der Waals surface area (Å²) in [7, 11) is 3.53. The Morgan fingerprint density at radius 2 is 2.00 bits per heavy atom. The number of carbonyl (C=O) groups excluding carboxylic acids is 2. The molecule has 1 fully saturated rings. The molecule has 0 aromatic carbocycles. The molecule has 2 aromatic rings. The van der Waals surface area contributed by atoms with Gasteiger partial charge in [0, 0.05) is 45.5 Å². The van der Waals surface area contributed by atoms with Gasteiger partial charge in [0.2, 0.25) is 5.91 Å². The molecule has 2 aromatic heterocycles. The lowest BCUT2D eigenvalue weighted by Gasteiger charge is -2.32. The lowest BCUT2D eigenvalue weighted by molar-refractivity contribution is -0.134. The van der Waals surface area contributed by atoms with Crippen molar-refractivity contribution in [3.8, 4) is 0 Å².